The highest BCUT2D eigenvalue weighted by Crippen LogP contribution is 2.29. The Balaban J connectivity index is 2.19. The van der Waals surface area contributed by atoms with Crippen LogP contribution in [-0.4, -0.2) is 16.5 Å². The second kappa shape index (κ2) is 4.48. The van der Waals surface area contributed by atoms with Gasteiger partial charge in [-0.3, -0.25) is 4.40 Å². The minimum Gasteiger partial charge on any atom is -0.494 e. The summed E-state index contributed by atoms with van der Waals surface area (Å²) in [5, 5.41) is 0. The van der Waals surface area contributed by atoms with Crippen LogP contribution in [0.2, 0.25) is 0 Å². The molecule has 0 saturated heterocycles. The highest BCUT2D eigenvalue weighted by atomic mass is 19.1. The third kappa shape index (κ3) is 1.85. The number of nitrogen functional groups attached to an aromatic ring is 1. The lowest BCUT2D eigenvalue weighted by Gasteiger charge is -2.04. The van der Waals surface area contributed by atoms with Gasteiger partial charge in [0.25, 0.3) is 0 Å². The van der Waals surface area contributed by atoms with Crippen LogP contribution in [0.15, 0.2) is 36.5 Å². The molecule has 0 aliphatic carbocycles. The maximum absolute atomic E-state index is 13.7. The summed E-state index contributed by atoms with van der Waals surface area (Å²) in [6, 6.07) is 7.23. The SMILES string of the molecule is COc1ccc(-c2nc3ccc(F)cn3c2N)cc1F. The molecule has 0 spiro atoms. The number of halogens is 2. The second-order valence-electron chi connectivity index (χ2n) is 4.27. The summed E-state index contributed by atoms with van der Waals surface area (Å²) in [6.07, 6.45) is 1.24. The molecule has 3 aromatic rings. The van der Waals surface area contributed by atoms with Crippen molar-refractivity contribution < 1.29 is 13.5 Å². The fourth-order valence-corrected chi connectivity index (χ4v) is 2.06. The van der Waals surface area contributed by atoms with Crippen LogP contribution in [0.5, 0.6) is 5.75 Å². The van der Waals surface area contributed by atoms with Crippen LogP contribution < -0.4 is 10.5 Å². The van der Waals surface area contributed by atoms with Crippen molar-refractivity contribution in [2.75, 3.05) is 12.8 Å². The smallest absolute Gasteiger partial charge is 0.165 e. The Labute approximate surface area is 113 Å². The predicted octanol–water partition coefficient (Wildman–Crippen LogP) is 2.87. The molecule has 102 valence electrons. The monoisotopic (exact) mass is 275 g/mol. The molecule has 6 heteroatoms. The molecular weight excluding hydrogens is 264 g/mol. The first-order valence-corrected chi connectivity index (χ1v) is 5.87. The lowest BCUT2D eigenvalue weighted by Crippen LogP contribution is -1.95. The zero-order valence-electron chi connectivity index (χ0n) is 10.6. The molecule has 2 aromatic heterocycles. The van der Waals surface area contributed by atoms with Crippen molar-refractivity contribution in [2.24, 2.45) is 0 Å². The van der Waals surface area contributed by atoms with Gasteiger partial charge < -0.3 is 10.5 Å². The van der Waals surface area contributed by atoms with Gasteiger partial charge in [-0.05, 0) is 30.3 Å². The van der Waals surface area contributed by atoms with E-state index in [1.807, 2.05) is 0 Å². The molecule has 0 fully saturated rings. The van der Waals surface area contributed by atoms with Crippen molar-refractivity contribution in [3.05, 3.63) is 48.2 Å². The Morgan fingerprint density at radius 3 is 2.70 bits per heavy atom. The van der Waals surface area contributed by atoms with E-state index in [1.165, 1.54) is 42.0 Å². The third-order valence-electron chi connectivity index (χ3n) is 3.04. The van der Waals surface area contributed by atoms with E-state index in [0.717, 1.165) is 0 Å². The van der Waals surface area contributed by atoms with E-state index in [0.29, 0.717) is 16.9 Å². The predicted molar refractivity (Wildman–Crippen MR) is 71.5 cm³/mol. The zero-order chi connectivity index (χ0) is 14.3. The molecule has 0 amide bonds. The number of aromatic nitrogens is 2. The number of nitrogens with zero attached hydrogens (tertiary/aromatic N) is 2. The highest BCUT2D eigenvalue weighted by molar-refractivity contribution is 5.75. The molecule has 0 bridgehead atoms. The highest BCUT2D eigenvalue weighted by Gasteiger charge is 2.13. The number of methoxy groups -OCH3 is 1. The maximum Gasteiger partial charge on any atom is 0.165 e. The van der Waals surface area contributed by atoms with Crippen molar-refractivity contribution in [3.8, 4) is 17.0 Å². The van der Waals surface area contributed by atoms with Gasteiger partial charge in [0, 0.05) is 11.8 Å². The van der Waals surface area contributed by atoms with E-state index in [1.54, 1.807) is 6.07 Å². The van der Waals surface area contributed by atoms with Gasteiger partial charge in [0.1, 0.15) is 23.0 Å². The first kappa shape index (κ1) is 12.4. The number of hydrogen-bond acceptors (Lipinski definition) is 3. The summed E-state index contributed by atoms with van der Waals surface area (Å²) < 4.78 is 33.2. The molecule has 3 rings (SSSR count). The summed E-state index contributed by atoms with van der Waals surface area (Å²) in [5.74, 6) is -0.534. The molecular formula is C14H11F2N3O. The molecule has 20 heavy (non-hydrogen) atoms. The first-order chi connectivity index (χ1) is 9.60. The van der Waals surface area contributed by atoms with Gasteiger partial charge in [-0.25, -0.2) is 13.8 Å². The molecule has 2 heterocycles. The van der Waals surface area contributed by atoms with E-state index >= 15 is 0 Å². The van der Waals surface area contributed by atoms with Crippen LogP contribution in [0.1, 0.15) is 0 Å². The fourth-order valence-electron chi connectivity index (χ4n) is 2.06. The number of benzene rings is 1. The lowest BCUT2D eigenvalue weighted by molar-refractivity contribution is 0.386. The average Bonchev–Trinajstić information content (AvgIpc) is 2.76. The minimum absolute atomic E-state index is 0.141. The van der Waals surface area contributed by atoms with Crippen LogP contribution in [0.4, 0.5) is 14.6 Å². The standard InChI is InChI=1S/C14H11F2N3O/c1-20-11-4-2-8(6-10(11)16)13-14(17)19-7-9(15)3-5-12(19)18-13/h2-7H,17H2,1H3. The largest absolute Gasteiger partial charge is 0.494 e. The molecule has 0 aliphatic rings. The number of ether oxygens (including phenoxy) is 1. The van der Waals surface area contributed by atoms with Gasteiger partial charge in [0.05, 0.1) is 7.11 Å². The molecule has 0 aliphatic heterocycles. The summed E-state index contributed by atoms with van der Waals surface area (Å²) in [4.78, 5) is 4.28. The maximum atomic E-state index is 13.7. The Morgan fingerprint density at radius 2 is 2.00 bits per heavy atom. The number of nitrogens with two attached hydrogens (primary N) is 1. The summed E-state index contributed by atoms with van der Waals surface area (Å²) >= 11 is 0. The van der Waals surface area contributed by atoms with Crippen LogP contribution in [0, 0.1) is 11.6 Å². The molecule has 0 unspecified atom stereocenters. The molecule has 0 saturated carbocycles. The Bertz CT molecular complexity index is 798. The van der Waals surface area contributed by atoms with Gasteiger partial charge in [-0.15, -0.1) is 0 Å². The van der Waals surface area contributed by atoms with Crippen LogP contribution >= 0.6 is 0 Å². The summed E-state index contributed by atoms with van der Waals surface area (Å²) in [7, 11) is 1.39. The molecule has 1 aromatic carbocycles. The molecule has 2 N–H and O–H groups in total. The number of rotatable bonds is 2. The van der Waals surface area contributed by atoms with Gasteiger partial charge >= 0.3 is 0 Å². The lowest BCUT2D eigenvalue weighted by atomic mass is 10.1. The Kier molecular flexibility index (Phi) is 2.78. The van der Waals surface area contributed by atoms with Crippen LogP contribution in [-0.2, 0) is 0 Å². The number of fused-ring (bicyclic) bond motifs is 1. The van der Waals surface area contributed by atoms with Crippen LogP contribution in [0.3, 0.4) is 0 Å². The van der Waals surface area contributed by atoms with Crippen LogP contribution in [0.25, 0.3) is 16.9 Å². The summed E-state index contributed by atoms with van der Waals surface area (Å²) in [5.41, 5.74) is 7.34. The number of hydrogen-bond donors (Lipinski definition) is 1. The second-order valence-corrected chi connectivity index (χ2v) is 4.27. The fraction of sp³-hybridized carbons (Fsp3) is 0.0714. The normalized spacial score (nSPS) is 10.9. The quantitative estimate of drug-likeness (QED) is 0.782. The Morgan fingerprint density at radius 1 is 1.20 bits per heavy atom. The van der Waals surface area contributed by atoms with E-state index in [4.69, 9.17) is 10.5 Å². The topological polar surface area (TPSA) is 52.5 Å². The van der Waals surface area contributed by atoms with Crippen molar-refractivity contribution in [3.63, 3.8) is 0 Å². The third-order valence-corrected chi connectivity index (χ3v) is 3.04. The molecule has 4 nitrogen and oxygen atoms in total. The van der Waals surface area contributed by atoms with E-state index in [2.05, 4.69) is 4.98 Å². The van der Waals surface area contributed by atoms with Crippen molar-refractivity contribution in [2.45, 2.75) is 0 Å². The average molecular weight is 275 g/mol. The number of pyridine rings is 1. The minimum atomic E-state index is -0.507. The van der Waals surface area contributed by atoms with E-state index < -0.39 is 11.6 Å². The molecule has 0 atom stereocenters. The van der Waals surface area contributed by atoms with Gasteiger partial charge in [-0.2, -0.15) is 0 Å². The van der Waals surface area contributed by atoms with Gasteiger partial charge in [-0.1, -0.05) is 0 Å². The van der Waals surface area contributed by atoms with Gasteiger partial charge in [0.2, 0.25) is 0 Å². The zero-order valence-corrected chi connectivity index (χ0v) is 10.6. The van der Waals surface area contributed by atoms with E-state index in [-0.39, 0.29) is 11.6 Å². The van der Waals surface area contributed by atoms with Crippen molar-refractivity contribution in [1.29, 1.82) is 0 Å². The van der Waals surface area contributed by atoms with Crippen molar-refractivity contribution >= 4 is 11.5 Å². The van der Waals surface area contributed by atoms with E-state index in [9.17, 15) is 8.78 Å². The summed E-state index contributed by atoms with van der Waals surface area (Å²) in [6.45, 7) is 0. The molecule has 0 radical (unpaired) electrons. The van der Waals surface area contributed by atoms with Gasteiger partial charge in [0.15, 0.2) is 11.6 Å². The number of anilines is 1. The number of imidazole rings is 1. The Hall–Kier alpha value is -2.63. The first-order valence-electron chi connectivity index (χ1n) is 5.87. The van der Waals surface area contributed by atoms with Crippen molar-refractivity contribution in [1.82, 2.24) is 9.38 Å².